The van der Waals surface area contributed by atoms with Gasteiger partial charge in [-0.1, -0.05) is 0 Å². The van der Waals surface area contributed by atoms with Crippen LogP contribution in [0, 0.1) is 13.8 Å². The van der Waals surface area contributed by atoms with Crippen molar-refractivity contribution in [2.45, 2.75) is 20.8 Å². The van der Waals surface area contributed by atoms with Gasteiger partial charge in [0.2, 0.25) is 0 Å². The lowest BCUT2D eigenvalue weighted by Gasteiger charge is -2.10. The molecule has 0 saturated carbocycles. The lowest BCUT2D eigenvalue weighted by atomic mass is 10.1. The molecule has 2 aromatic rings. The SMILES string of the molecule is CCNc1nnc(-c2ccoc2)c(C)c1C. The molecule has 0 amide bonds. The Morgan fingerprint density at radius 2 is 2.06 bits per heavy atom. The predicted octanol–water partition coefficient (Wildman–Crippen LogP) is 2.79. The van der Waals surface area contributed by atoms with E-state index < -0.39 is 0 Å². The molecular weight excluding hydrogens is 202 g/mol. The van der Waals surface area contributed by atoms with Crippen molar-refractivity contribution in [1.82, 2.24) is 10.2 Å². The topological polar surface area (TPSA) is 51.0 Å². The molecular formula is C12H15N3O. The first-order valence-electron chi connectivity index (χ1n) is 5.34. The van der Waals surface area contributed by atoms with E-state index in [9.17, 15) is 0 Å². The Morgan fingerprint density at radius 3 is 2.69 bits per heavy atom. The molecule has 16 heavy (non-hydrogen) atoms. The summed E-state index contributed by atoms with van der Waals surface area (Å²) in [6, 6.07) is 1.89. The Bertz CT molecular complexity index is 477. The summed E-state index contributed by atoms with van der Waals surface area (Å²) in [4.78, 5) is 0. The van der Waals surface area contributed by atoms with E-state index in [1.54, 1.807) is 12.5 Å². The van der Waals surface area contributed by atoms with Crippen molar-refractivity contribution in [3.05, 3.63) is 29.7 Å². The molecule has 0 fully saturated rings. The fourth-order valence-electron chi connectivity index (χ4n) is 1.61. The molecule has 4 nitrogen and oxygen atoms in total. The summed E-state index contributed by atoms with van der Waals surface area (Å²) < 4.78 is 5.06. The molecule has 0 atom stereocenters. The molecule has 0 saturated heterocycles. The molecule has 2 heterocycles. The number of hydrogen-bond acceptors (Lipinski definition) is 4. The van der Waals surface area contributed by atoms with Crippen LogP contribution in [0.5, 0.6) is 0 Å². The van der Waals surface area contributed by atoms with Crippen molar-refractivity contribution >= 4 is 5.82 Å². The molecule has 2 rings (SSSR count). The summed E-state index contributed by atoms with van der Waals surface area (Å²) >= 11 is 0. The van der Waals surface area contributed by atoms with Crippen LogP contribution in [-0.2, 0) is 0 Å². The minimum atomic E-state index is 0.847. The third kappa shape index (κ3) is 1.78. The first kappa shape index (κ1) is 10.7. The Morgan fingerprint density at radius 1 is 1.25 bits per heavy atom. The first-order valence-corrected chi connectivity index (χ1v) is 5.34. The van der Waals surface area contributed by atoms with E-state index in [2.05, 4.69) is 15.5 Å². The maximum Gasteiger partial charge on any atom is 0.151 e. The Kier molecular flexibility index (Phi) is 2.90. The highest BCUT2D eigenvalue weighted by Crippen LogP contribution is 2.25. The van der Waals surface area contributed by atoms with Crippen LogP contribution in [0.25, 0.3) is 11.3 Å². The van der Waals surface area contributed by atoms with Gasteiger partial charge in [-0.2, -0.15) is 0 Å². The van der Waals surface area contributed by atoms with Gasteiger partial charge in [0.15, 0.2) is 5.82 Å². The van der Waals surface area contributed by atoms with Crippen LogP contribution in [0.3, 0.4) is 0 Å². The second-order valence-corrected chi connectivity index (χ2v) is 3.69. The average molecular weight is 217 g/mol. The molecule has 1 N–H and O–H groups in total. The van der Waals surface area contributed by atoms with Crippen molar-refractivity contribution in [2.24, 2.45) is 0 Å². The lowest BCUT2D eigenvalue weighted by molar-refractivity contribution is 0.568. The van der Waals surface area contributed by atoms with Gasteiger partial charge in [-0.15, -0.1) is 10.2 Å². The zero-order valence-electron chi connectivity index (χ0n) is 9.74. The third-order valence-electron chi connectivity index (χ3n) is 2.66. The van der Waals surface area contributed by atoms with Crippen molar-refractivity contribution in [2.75, 3.05) is 11.9 Å². The number of anilines is 1. The van der Waals surface area contributed by atoms with Crippen molar-refractivity contribution in [3.63, 3.8) is 0 Å². The minimum absolute atomic E-state index is 0.847. The maximum atomic E-state index is 5.06. The summed E-state index contributed by atoms with van der Waals surface area (Å²) in [5.41, 5.74) is 4.12. The molecule has 0 aliphatic carbocycles. The monoisotopic (exact) mass is 217 g/mol. The summed E-state index contributed by atoms with van der Waals surface area (Å²) in [5, 5.41) is 11.6. The van der Waals surface area contributed by atoms with E-state index in [0.29, 0.717) is 0 Å². The molecule has 0 aliphatic heterocycles. The van der Waals surface area contributed by atoms with E-state index >= 15 is 0 Å². The van der Waals surface area contributed by atoms with Gasteiger partial charge >= 0.3 is 0 Å². The lowest BCUT2D eigenvalue weighted by Crippen LogP contribution is -2.05. The standard InChI is InChI=1S/C12H15N3O/c1-4-13-12-9(3)8(2)11(14-15-12)10-5-6-16-7-10/h5-7H,4H2,1-3H3,(H,13,15). The summed E-state index contributed by atoms with van der Waals surface area (Å²) in [6.07, 6.45) is 3.33. The van der Waals surface area contributed by atoms with Gasteiger partial charge in [0.25, 0.3) is 0 Å². The average Bonchev–Trinajstić information content (AvgIpc) is 2.79. The molecule has 2 aromatic heterocycles. The molecule has 0 aliphatic rings. The van der Waals surface area contributed by atoms with Crippen LogP contribution in [-0.4, -0.2) is 16.7 Å². The fraction of sp³-hybridized carbons (Fsp3) is 0.333. The minimum Gasteiger partial charge on any atom is -0.472 e. The van der Waals surface area contributed by atoms with Crippen LogP contribution in [0.1, 0.15) is 18.1 Å². The van der Waals surface area contributed by atoms with Gasteiger partial charge in [-0.05, 0) is 38.0 Å². The van der Waals surface area contributed by atoms with E-state index in [4.69, 9.17) is 4.42 Å². The van der Waals surface area contributed by atoms with Gasteiger partial charge in [0, 0.05) is 12.1 Å². The van der Waals surface area contributed by atoms with Crippen LogP contribution in [0.4, 0.5) is 5.82 Å². The molecule has 0 radical (unpaired) electrons. The number of aromatic nitrogens is 2. The van der Waals surface area contributed by atoms with E-state index in [-0.39, 0.29) is 0 Å². The highest BCUT2D eigenvalue weighted by molar-refractivity contribution is 5.65. The zero-order chi connectivity index (χ0) is 11.5. The van der Waals surface area contributed by atoms with E-state index in [0.717, 1.165) is 34.7 Å². The molecule has 0 spiro atoms. The van der Waals surface area contributed by atoms with Crippen molar-refractivity contribution in [3.8, 4) is 11.3 Å². The van der Waals surface area contributed by atoms with Crippen LogP contribution in [0.2, 0.25) is 0 Å². The van der Waals surface area contributed by atoms with Gasteiger partial charge in [-0.25, -0.2) is 0 Å². The van der Waals surface area contributed by atoms with Crippen LogP contribution < -0.4 is 5.32 Å². The van der Waals surface area contributed by atoms with Crippen LogP contribution in [0.15, 0.2) is 23.0 Å². The number of nitrogens with one attached hydrogen (secondary N) is 1. The Hall–Kier alpha value is -1.84. The zero-order valence-corrected chi connectivity index (χ0v) is 9.74. The van der Waals surface area contributed by atoms with Gasteiger partial charge in [0.1, 0.15) is 0 Å². The smallest absolute Gasteiger partial charge is 0.151 e. The molecule has 84 valence electrons. The number of rotatable bonds is 3. The quantitative estimate of drug-likeness (QED) is 0.858. The molecule has 0 unspecified atom stereocenters. The maximum absolute atomic E-state index is 5.06. The van der Waals surface area contributed by atoms with E-state index in [1.807, 2.05) is 26.8 Å². The molecule has 0 aromatic carbocycles. The fourth-order valence-corrected chi connectivity index (χ4v) is 1.61. The second kappa shape index (κ2) is 4.35. The predicted molar refractivity (Wildman–Crippen MR) is 63.4 cm³/mol. The van der Waals surface area contributed by atoms with Crippen molar-refractivity contribution < 1.29 is 4.42 Å². The third-order valence-corrected chi connectivity index (χ3v) is 2.66. The Labute approximate surface area is 94.7 Å². The second-order valence-electron chi connectivity index (χ2n) is 3.69. The summed E-state index contributed by atoms with van der Waals surface area (Å²) in [5.74, 6) is 0.854. The highest BCUT2D eigenvalue weighted by Gasteiger charge is 2.11. The number of nitrogens with zero attached hydrogens (tertiary/aromatic N) is 2. The van der Waals surface area contributed by atoms with Gasteiger partial charge in [0.05, 0.1) is 18.2 Å². The van der Waals surface area contributed by atoms with E-state index in [1.165, 1.54) is 0 Å². The first-order chi connectivity index (χ1) is 7.74. The Balaban J connectivity index is 2.47. The van der Waals surface area contributed by atoms with Crippen molar-refractivity contribution in [1.29, 1.82) is 0 Å². The highest BCUT2D eigenvalue weighted by atomic mass is 16.3. The number of hydrogen-bond donors (Lipinski definition) is 1. The van der Waals surface area contributed by atoms with Gasteiger partial charge < -0.3 is 9.73 Å². The number of furan rings is 1. The molecule has 0 bridgehead atoms. The van der Waals surface area contributed by atoms with Gasteiger partial charge in [-0.3, -0.25) is 0 Å². The molecule has 4 heteroatoms. The summed E-state index contributed by atoms with van der Waals surface area (Å²) in [6.45, 7) is 6.99. The van der Waals surface area contributed by atoms with Crippen LogP contribution >= 0.6 is 0 Å². The largest absolute Gasteiger partial charge is 0.472 e. The summed E-state index contributed by atoms with van der Waals surface area (Å²) in [7, 11) is 0. The normalized spacial score (nSPS) is 10.4.